The first-order valence-corrected chi connectivity index (χ1v) is 5.69. The van der Waals surface area contributed by atoms with Crippen molar-refractivity contribution in [2.75, 3.05) is 7.05 Å². The maximum Gasteiger partial charge on any atom is 0.260 e. The molecule has 0 atom stereocenters. The summed E-state index contributed by atoms with van der Waals surface area (Å²) in [6.07, 6.45) is 0. The van der Waals surface area contributed by atoms with Crippen molar-refractivity contribution in [2.45, 2.75) is 13.1 Å². The molecule has 2 N–H and O–H groups in total. The van der Waals surface area contributed by atoms with Crippen LogP contribution in [-0.2, 0) is 0 Å². The molecule has 8 heavy (non-hydrogen) atoms. The molecule has 0 aliphatic carbocycles. The van der Waals surface area contributed by atoms with E-state index in [2.05, 4.69) is 0 Å². The summed E-state index contributed by atoms with van der Waals surface area (Å²) >= 11 is 0. The maximum atomic E-state index is 9.13. The Balaban J connectivity index is 3.39. The lowest BCUT2D eigenvalue weighted by Gasteiger charge is -2.15. The summed E-state index contributed by atoms with van der Waals surface area (Å²) in [5.74, 6) is 0. The van der Waals surface area contributed by atoms with Gasteiger partial charge in [0.05, 0.1) is 0 Å². The summed E-state index contributed by atoms with van der Waals surface area (Å²) in [7, 11) is -0.102. The van der Waals surface area contributed by atoms with Crippen molar-refractivity contribution >= 4 is 15.2 Å². The van der Waals surface area contributed by atoms with E-state index in [-0.39, 0.29) is 0 Å². The molecule has 48 valence electrons. The van der Waals surface area contributed by atoms with Gasteiger partial charge in [0.2, 0.25) is 0 Å². The van der Waals surface area contributed by atoms with Gasteiger partial charge < -0.3 is 10.0 Å². The molecule has 0 aromatic rings. The Labute approximate surface area is 51.2 Å². The van der Waals surface area contributed by atoms with Gasteiger partial charge in [-0.3, -0.25) is 0 Å². The SMILES string of the molecule is CN(O)B[Si](C)(C)O. The lowest BCUT2D eigenvalue weighted by molar-refractivity contribution is 0.0301. The number of hydrogen-bond acceptors (Lipinski definition) is 3. The molecule has 5 heteroatoms. The second-order valence-electron chi connectivity index (χ2n) is 2.63. The first-order valence-electron chi connectivity index (χ1n) is 2.54. The Hall–Kier alpha value is 0.162. The zero-order valence-corrected chi connectivity index (χ0v) is 6.55. The number of rotatable bonds is 2. The van der Waals surface area contributed by atoms with E-state index in [0.717, 1.165) is 4.97 Å². The average Bonchev–Trinajstić information content (AvgIpc) is 1.21. The van der Waals surface area contributed by atoms with Gasteiger partial charge in [-0.2, -0.15) is 0 Å². The van der Waals surface area contributed by atoms with Gasteiger partial charge in [0, 0.05) is 0 Å². The molecule has 0 aliphatic heterocycles. The summed E-state index contributed by atoms with van der Waals surface area (Å²) in [4.78, 5) is 10.1. The van der Waals surface area contributed by atoms with Gasteiger partial charge in [0.15, 0.2) is 8.19 Å². The Morgan fingerprint density at radius 2 is 1.88 bits per heavy atom. The zero-order valence-electron chi connectivity index (χ0n) is 5.55. The van der Waals surface area contributed by atoms with Crippen LogP contribution in [0.25, 0.3) is 0 Å². The van der Waals surface area contributed by atoms with Gasteiger partial charge in [-0.25, -0.2) is 4.97 Å². The largest absolute Gasteiger partial charge is 0.438 e. The minimum absolute atomic E-state index is 0.410. The predicted octanol–water partition coefficient (Wildman–Crippen LogP) is -0.647. The minimum Gasteiger partial charge on any atom is -0.438 e. The number of hydrogen-bond donors (Lipinski definition) is 2. The molecule has 0 aliphatic rings. The first kappa shape index (κ1) is 8.16. The van der Waals surface area contributed by atoms with Crippen molar-refractivity contribution in [3.05, 3.63) is 0 Å². The van der Waals surface area contributed by atoms with Crippen molar-refractivity contribution in [1.29, 1.82) is 0 Å². The molecular formula is C3H12BNO2Si. The molecule has 0 bridgehead atoms. The Bertz CT molecular complexity index is 72.2. The fourth-order valence-electron chi connectivity index (χ4n) is 0.560. The molecule has 0 saturated heterocycles. The highest BCUT2D eigenvalue weighted by Crippen LogP contribution is 1.91. The molecule has 0 unspecified atom stereocenters. The van der Waals surface area contributed by atoms with Crippen molar-refractivity contribution in [3.8, 4) is 0 Å². The Morgan fingerprint density at radius 1 is 1.50 bits per heavy atom. The normalized spacial score (nSPS) is 12.2. The zero-order chi connectivity index (χ0) is 6.78. The lowest BCUT2D eigenvalue weighted by atomic mass is 10.4. The summed E-state index contributed by atoms with van der Waals surface area (Å²) < 4.78 is 0. The molecule has 0 aromatic carbocycles. The second kappa shape index (κ2) is 2.63. The van der Waals surface area contributed by atoms with Gasteiger partial charge in [-0.15, -0.1) is 0 Å². The molecular weight excluding hydrogens is 121 g/mol. The highest BCUT2D eigenvalue weighted by atomic mass is 28.3. The standard InChI is InChI=1S/C3H12BNO2Si/c1-5(6)4-8(2,3)7/h4,6-7H,1-3H3. The predicted molar refractivity (Wildman–Crippen MR) is 36.4 cm³/mol. The van der Waals surface area contributed by atoms with Crippen LogP contribution in [0.1, 0.15) is 0 Å². The first-order chi connectivity index (χ1) is 3.42. The van der Waals surface area contributed by atoms with E-state index in [4.69, 9.17) is 10.0 Å². The fraction of sp³-hybridized carbons (Fsp3) is 1.00. The van der Waals surface area contributed by atoms with Crippen LogP contribution in [0.15, 0.2) is 0 Å². The number of hydroxylamine groups is 1. The molecule has 0 saturated carbocycles. The van der Waals surface area contributed by atoms with Crippen LogP contribution in [0.5, 0.6) is 0 Å². The van der Waals surface area contributed by atoms with Crippen LogP contribution in [0.4, 0.5) is 0 Å². The highest BCUT2D eigenvalue weighted by molar-refractivity contribution is 7.18. The quantitative estimate of drug-likeness (QED) is 0.388. The average molecular weight is 133 g/mol. The van der Waals surface area contributed by atoms with Gasteiger partial charge in [0.25, 0.3) is 7.01 Å². The van der Waals surface area contributed by atoms with E-state index < -0.39 is 8.19 Å². The van der Waals surface area contributed by atoms with Crippen molar-refractivity contribution < 1.29 is 10.0 Å². The van der Waals surface area contributed by atoms with Crippen molar-refractivity contribution in [2.24, 2.45) is 0 Å². The van der Waals surface area contributed by atoms with E-state index in [1.54, 1.807) is 13.1 Å². The van der Waals surface area contributed by atoms with Crippen molar-refractivity contribution in [1.82, 2.24) is 4.97 Å². The molecule has 0 heterocycles. The third-order valence-corrected chi connectivity index (χ3v) is 1.85. The van der Waals surface area contributed by atoms with Gasteiger partial charge >= 0.3 is 0 Å². The molecule has 0 amide bonds. The van der Waals surface area contributed by atoms with Gasteiger partial charge in [-0.1, -0.05) is 13.1 Å². The van der Waals surface area contributed by atoms with Crippen LogP contribution < -0.4 is 0 Å². The molecule has 0 spiro atoms. The van der Waals surface area contributed by atoms with Gasteiger partial charge in [0.1, 0.15) is 0 Å². The van der Waals surface area contributed by atoms with E-state index in [1.165, 1.54) is 7.05 Å². The number of nitrogens with zero attached hydrogens (tertiary/aromatic N) is 1. The van der Waals surface area contributed by atoms with E-state index in [0.29, 0.717) is 7.01 Å². The topological polar surface area (TPSA) is 43.7 Å². The van der Waals surface area contributed by atoms with Crippen LogP contribution in [0.2, 0.25) is 13.1 Å². The summed E-state index contributed by atoms with van der Waals surface area (Å²) in [6, 6.07) is 0. The Kier molecular flexibility index (Phi) is 2.69. The molecule has 3 nitrogen and oxygen atoms in total. The summed E-state index contributed by atoms with van der Waals surface area (Å²) in [5, 5.41) is 8.60. The third kappa shape index (κ3) is 6.16. The van der Waals surface area contributed by atoms with E-state index in [9.17, 15) is 0 Å². The monoisotopic (exact) mass is 133 g/mol. The van der Waals surface area contributed by atoms with Crippen LogP contribution in [0.3, 0.4) is 0 Å². The molecule has 0 aromatic heterocycles. The molecule has 0 rings (SSSR count). The summed E-state index contributed by atoms with van der Waals surface area (Å²) in [5.41, 5.74) is 0. The van der Waals surface area contributed by atoms with E-state index in [1.807, 2.05) is 0 Å². The molecule has 0 fully saturated rings. The Morgan fingerprint density at radius 3 is 1.88 bits per heavy atom. The second-order valence-corrected chi connectivity index (χ2v) is 6.57. The highest BCUT2D eigenvalue weighted by Gasteiger charge is 2.20. The van der Waals surface area contributed by atoms with E-state index >= 15 is 0 Å². The molecule has 0 radical (unpaired) electrons. The van der Waals surface area contributed by atoms with Crippen LogP contribution in [-0.4, -0.2) is 37.2 Å². The van der Waals surface area contributed by atoms with Gasteiger partial charge in [-0.05, 0) is 7.05 Å². The fourth-order valence-corrected chi connectivity index (χ4v) is 1.68. The van der Waals surface area contributed by atoms with Crippen molar-refractivity contribution in [3.63, 3.8) is 0 Å². The lowest BCUT2D eigenvalue weighted by Crippen LogP contribution is -2.43. The minimum atomic E-state index is -2.04. The smallest absolute Gasteiger partial charge is 0.260 e. The van der Waals surface area contributed by atoms with Crippen LogP contribution in [0, 0.1) is 0 Å². The van der Waals surface area contributed by atoms with Crippen LogP contribution >= 0.6 is 0 Å². The third-order valence-electron chi connectivity index (χ3n) is 0.616. The summed E-state index contributed by atoms with van der Waals surface area (Å²) in [6.45, 7) is 3.56. The maximum absolute atomic E-state index is 9.13.